The van der Waals surface area contributed by atoms with E-state index < -0.39 is 0 Å². The molecular formula is C15H18N2O2. The van der Waals surface area contributed by atoms with Gasteiger partial charge in [-0.2, -0.15) is 0 Å². The summed E-state index contributed by atoms with van der Waals surface area (Å²) in [6.45, 7) is 4.91. The molecule has 0 amide bonds. The molecule has 0 radical (unpaired) electrons. The SMILES string of the molecule is Cc1cc(C)c(OCCn2ccccc2=O)cc1N. The largest absolute Gasteiger partial charge is 0.491 e. The van der Waals surface area contributed by atoms with Crippen molar-refractivity contribution in [3.05, 3.63) is 58.0 Å². The van der Waals surface area contributed by atoms with Crippen LogP contribution >= 0.6 is 0 Å². The number of nitrogen functional groups attached to an aromatic ring is 1. The number of rotatable bonds is 4. The van der Waals surface area contributed by atoms with Crippen LogP contribution in [0.3, 0.4) is 0 Å². The summed E-state index contributed by atoms with van der Waals surface area (Å²) < 4.78 is 7.31. The van der Waals surface area contributed by atoms with Crippen molar-refractivity contribution < 1.29 is 4.74 Å². The molecule has 19 heavy (non-hydrogen) atoms. The molecule has 0 aliphatic carbocycles. The van der Waals surface area contributed by atoms with Gasteiger partial charge in [0, 0.05) is 24.0 Å². The first-order valence-corrected chi connectivity index (χ1v) is 6.23. The summed E-state index contributed by atoms with van der Waals surface area (Å²) >= 11 is 0. The zero-order valence-electron chi connectivity index (χ0n) is 11.2. The number of hydrogen-bond donors (Lipinski definition) is 1. The fourth-order valence-electron chi connectivity index (χ4n) is 1.90. The minimum Gasteiger partial charge on any atom is -0.491 e. The summed E-state index contributed by atoms with van der Waals surface area (Å²) in [6, 6.07) is 8.92. The molecule has 100 valence electrons. The second-order valence-electron chi connectivity index (χ2n) is 4.56. The Morgan fingerprint density at radius 1 is 1.21 bits per heavy atom. The van der Waals surface area contributed by atoms with Gasteiger partial charge in [-0.05, 0) is 31.0 Å². The number of nitrogens with two attached hydrogens (primary N) is 1. The van der Waals surface area contributed by atoms with E-state index in [1.807, 2.05) is 32.0 Å². The maximum absolute atomic E-state index is 11.5. The van der Waals surface area contributed by atoms with Crippen LogP contribution in [0.25, 0.3) is 0 Å². The Morgan fingerprint density at radius 3 is 2.74 bits per heavy atom. The predicted molar refractivity (Wildman–Crippen MR) is 76.5 cm³/mol. The van der Waals surface area contributed by atoms with Crippen LogP contribution in [0.4, 0.5) is 5.69 Å². The van der Waals surface area contributed by atoms with Gasteiger partial charge in [0.05, 0.1) is 6.54 Å². The average molecular weight is 258 g/mol. The lowest BCUT2D eigenvalue weighted by atomic mass is 10.1. The Morgan fingerprint density at radius 2 is 2.00 bits per heavy atom. The normalized spacial score (nSPS) is 10.4. The number of pyridine rings is 1. The molecular weight excluding hydrogens is 240 g/mol. The highest BCUT2D eigenvalue weighted by Crippen LogP contribution is 2.24. The van der Waals surface area contributed by atoms with E-state index in [2.05, 4.69) is 0 Å². The Labute approximate surface area is 112 Å². The van der Waals surface area contributed by atoms with E-state index in [0.29, 0.717) is 13.2 Å². The fraction of sp³-hybridized carbons (Fsp3) is 0.267. The summed E-state index contributed by atoms with van der Waals surface area (Å²) in [4.78, 5) is 11.5. The van der Waals surface area contributed by atoms with Gasteiger partial charge >= 0.3 is 0 Å². The zero-order chi connectivity index (χ0) is 13.8. The van der Waals surface area contributed by atoms with E-state index in [-0.39, 0.29) is 5.56 Å². The van der Waals surface area contributed by atoms with Crippen molar-refractivity contribution >= 4 is 5.69 Å². The van der Waals surface area contributed by atoms with Crippen molar-refractivity contribution in [2.45, 2.75) is 20.4 Å². The highest BCUT2D eigenvalue weighted by molar-refractivity contribution is 5.54. The second-order valence-corrected chi connectivity index (χ2v) is 4.56. The molecule has 2 aromatic rings. The Bertz CT molecular complexity index is 632. The lowest BCUT2D eigenvalue weighted by Crippen LogP contribution is -2.21. The molecule has 0 aliphatic rings. The lowest BCUT2D eigenvalue weighted by molar-refractivity contribution is 0.294. The number of benzene rings is 1. The number of anilines is 1. The van der Waals surface area contributed by atoms with Crippen molar-refractivity contribution in [1.82, 2.24) is 4.57 Å². The van der Waals surface area contributed by atoms with E-state index >= 15 is 0 Å². The Hall–Kier alpha value is -2.23. The van der Waals surface area contributed by atoms with Crippen molar-refractivity contribution in [3.8, 4) is 5.75 Å². The van der Waals surface area contributed by atoms with Gasteiger partial charge in [0.15, 0.2) is 0 Å². The predicted octanol–water partition coefficient (Wildman–Crippen LogP) is 2.13. The van der Waals surface area contributed by atoms with Crippen LogP contribution in [-0.4, -0.2) is 11.2 Å². The molecule has 1 aromatic heterocycles. The molecule has 0 fully saturated rings. The third kappa shape index (κ3) is 3.16. The van der Waals surface area contributed by atoms with E-state index in [9.17, 15) is 4.79 Å². The summed E-state index contributed by atoms with van der Waals surface area (Å²) in [5, 5.41) is 0. The molecule has 0 bridgehead atoms. The highest BCUT2D eigenvalue weighted by atomic mass is 16.5. The number of aryl methyl sites for hydroxylation is 2. The van der Waals surface area contributed by atoms with Crippen LogP contribution in [0, 0.1) is 13.8 Å². The van der Waals surface area contributed by atoms with E-state index in [1.54, 1.807) is 16.8 Å². The molecule has 4 nitrogen and oxygen atoms in total. The molecule has 2 N–H and O–H groups in total. The van der Waals surface area contributed by atoms with Crippen LogP contribution < -0.4 is 16.0 Å². The average Bonchev–Trinajstić information content (AvgIpc) is 2.38. The lowest BCUT2D eigenvalue weighted by Gasteiger charge is -2.12. The van der Waals surface area contributed by atoms with Gasteiger partial charge in [0.1, 0.15) is 12.4 Å². The molecule has 0 unspecified atom stereocenters. The monoisotopic (exact) mass is 258 g/mol. The van der Waals surface area contributed by atoms with Gasteiger partial charge in [-0.3, -0.25) is 4.79 Å². The van der Waals surface area contributed by atoms with Gasteiger partial charge in [-0.15, -0.1) is 0 Å². The molecule has 0 spiro atoms. The van der Waals surface area contributed by atoms with Crippen LogP contribution in [0.5, 0.6) is 5.75 Å². The molecule has 1 aromatic carbocycles. The fourth-order valence-corrected chi connectivity index (χ4v) is 1.90. The number of hydrogen-bond acceptors (Lipinski definition) is 3. The maximum Gasteiger partial charge on any atom is 0.250 e. The molecule has 0 atom stereocenters. The van der Waals surface area contributed by atoms with Gasteiger partial charge in [0.2, 0.25) is 0 Å². The molecule has 2 rings (SSSR count). The van der Waals surface area contributed by atoms with E-state index in [4.69, 9.17) is 10.5 Å². The third-order valence-corrected chi connectivity index (χ3v) is 3.05. The van der Waals surface area contributed by atoms with E-state index in [1.165, 1.54) is 6.07 Å². The van der Waals surface area contributed by atoms with Crippen LogP contribution in [0.2, 0.25) is 0 Å². The topological polar surface area (TPSA) is 57.2 Å². The summed E-state index contributed by atoms with van der Waals surface area (Å²) in [6.07, 6.45) is 1.75. The van der Waals surface area contributed by atoms with Crippen LogP contribution in [0.1, 0.15) is 11.1 Å². The van der Waals surface area contributed by atoms with Gasteiger partial charge in [-0.25, -0.2) is 0 Å². The summed E-state index contributed by atoms with van der Waals surface area (Å²) in [5.41, 5.74) is 8.65. The van der Waals surface area contributed by atoms with Crippen molar-refractivity contribution in [2.24, 2.45) is 0 Å². The quantitative estimate of drug-likeness (QED) is 0.855. The van der Waals surface area contributed by atoms with Crippen LogP contribution in [-0.2, 0) is 6.54 Å². The third-order valence-electron chi connectivity index (χ3n) is 3.05. The summed E-state index contributed by atoms with van der Waals surface area (Å²) in [5.74, 6) is 0.770. The smallest absolute Gasteiger partial charge is 0.250 e. The highest BCUT2D eigenvalue weighted by Gasteiger charge is 2.03. The van der Waals surface area contributed by atoms with Gasteiger partial charge < -0.3 is 15.0 Å². The molecule has 4 heteroatoms. The molecule has 1 heterocycles. The minimum absolute atomic E-state index is 0.0220. The molecule has 0 saturated carbocycles. The Kier molecular flexibility index (Phi) is 3.90. The van der Waals surface area contributed by atoms with Crippen molar-refractivity contribution in [2.75, 3.05) is 12.3 Å². The second kappa shape index (κ2) is 5.61. The van der Waals surface area contributed by atoms with Crippen LogP contribution in [0.15, 0.2) is 41.3 Å². The zero-order valence-corrected chi connectivity index (χ0v) is 11.2. The number of nitrogens with zero attached hydrogens (tertiary/aromatic N) is 1. The molecule has 0 aliphatic heterocycles. The minimum atomic E-state index is -0.0220. The number of ether oxygens (including phenoxy) is 1. The standard InChI is InChI=1S/C15H18N2O2/c1-11-9-12(2)14(10-13(11)16)19-8-7-17-6-4-3-5-15(17)18/h3-6,9-10H,7-8,16H2,1-2H3. The Balaban J connectivity index is 2.02. The first-order chi connectivity index (χ1) is 9.08. The van der Waals surface area contributed by atoms with Gasteiger partial charge in [0.25, 0.3) is 5.56 Å². The maximum atomic E-state index is 11.5. The summed E-state index contributed by atoms with van der Waals surface area (Å²) in [7, 11) is 0. The first-order valence-electron chi connectivity index (χ1n) is 6.23. The van der Waals surface area contributed by atoms with Crippen molar-refractivity contribution in [3.63, 3.8) is 0 Å². The molecule has 0 saturated heterocycles. The number of aromatic nitrogens is 1. The van der Waals surface area contributed by atoms with E-state index in [0.717, 1.165) is 22.6 Å². The van der Waals surface area contributed by atoms with Crippen molar-refractivity contribution in [1.29, 1.82) is 0 Å². The van der Waals surface area contributed by atoms with Gasteiger partial charge in [-0.1, -0.05) is 12.1 Å². The first kappa shape index (κ1) is 13.2.